The molecule has 3 rings (SSSR count). The van der Waals surface area contributed by atoms with E-state index in [0.29, 0.717) is 17.1 Å². The third-order valence-corrected chi connectivity index (χ3v) is 3.37. The molecule has 0 bridgehead atoms. The maximum absolute atomic E-state index is 12.1. The van der Waals surface area contributed by atoms with E-state index < -0.39 is 5.97 Å². The van der Waals surface area contributed by atoms with Crippen LogP contribution in [0.5, 0.6) is 5.75 Å². The Labute approximate surface area is 153 Å². The highest BCUT2D eigenvalue weighted by Gasteiger charge is 2.17. The number of carbonyl (C=O) groups excluding carboxylic acids is 2. The highest BCUT2D eigenvalue weighted by atomic mass is 16.6. The Morgan fingerprint density at radius 2 is 2.00 bits per heavy atom. The smallest absolute Gasteiger partial charge is 0.377 e. The Bertz CT molecular complexity index is 948. The number of benzene rings is 1. The Kier molecular flexibility index (Phi) is 5.45. The minimum absolute atomic E-state index is 0.0246. The summed E-state index contributed by atoms with van der Waals surface area (Å²) in [5.41, 5.74) is 1.09. The number of carbonyl (C=O) groups is 2. The number of nitrogens with one attached hydrogen (secondary N) is 1. The van der Waals surface area contributed by atoms with Crippen LogP contribution in [0.15, 0.2) is 39.4 Å². The minimum atomic E-state index is -0.704. The number of aromatic nitrogens is 3. The molecule has 140 valence electrons. The second-order valence-electron chi connectivity index (χ2n) is 5.44. The summed E-state index contributed by atoms with van der Waals surface area (Å²) in [5.74, 6) is -0.327. The number of nitrogens with zero attached hydrogens (tertiary/aromatic N) is 3. The molecule has 0 saturated heterocycles. The van der Waals surface area contributed by atoms with Crippen molar-refractivity contribution in [2.24, 2.45) is 0 Å². The van der Waals surface area contributed by atoms with E-state index in [1.807, 2.05) is 0 Å². The molecule has 2 heterocycles. The van der Waals surface area contributed by atoms with Crippen molar-refractivity contribution in [3.8, 4) is 5.75 Å². The van der Waals surface area contributed by atoms with Crippen LogP contribution < -0.4 is 10.1 Å². The molecule has 1 N–H and O–H groups in total. The number of para-hydroxylation sites is 2. The summed E-state index contributed by atoms with van der Waals surface area (Å²) in [7, 11) is 1.51. The van der Waals surface area contributed by atoms with Gasteiger partial charge in [0.15, 0.2) is 12.4 Å². The summed E-state index contributed by atoms with van der Waals surface area (Å²) >= 11 is 0. The number of amides is 1. The first-order valence-corrected chi connectivity index (χ1v) is 7.90. The standard InChI is InChI=1S/C17H16N4O6/c1-10-7-13(26-20-10)17(23)25-9-16-19-14(21-27-16)8-15(22)18-11-5-3-4-6-12(11)24-2/h3-7H,8-9H2,1-2H3,(H,18,22). The average molecular weight is 372 g/mol. The molecule has 0 aliphatic carbocycles. The van der Waals surface area contributed by atoms with Gasteiger partial charge in [-0.05, 0) is 19.1 Å². The molecule has 0 atom stereocenters. The molecule has 0 aliphatic rings. The summed E-state index contributed by atoms with van der Waals surface area (Å²) in [4.78, 5) is 27.9. The third-order valence-electron chi connectivity index (χ3n) is 3.37. The summed E-state index contributed by atoms with van der Waals surface area (Å²) in [6, 6.07) is 8.45. The van der Waals surface area contributed by atoms with E-state index in [0.717, 1.165) is 0 Å². The summed E-state index contributed by atoms with van der Waals surface area (Å²) < 4.78 is 19.9. The van der Waals surface area contributed by atoms with E-state index in [1.165, 1.54) is 13.2 Å². The topological polar surface area (TPSA) is 130 Å². The normalized spacial score (nSPS) is 10.4. The molecule has 10 nitrogen and oxygen atoms in total. The second-order valence-corrected chi connectivity index (χ2v) is 5.44. The Balaban J connectivity index is 1.53. The molecule has 0 radical (unpaired) electrons. The fourth-order valence-corrected chi connectivity index (χ4v) is 2.16. The van der Waals surface area contributed by atoms with Crippen LogP contribution >= 0.6 is 0 Å². The van der Waals surface area contributed by atoms with Gasteiger partial charge in [0.2, 0.25) is 11.7 Å². The van der Waals surface area contributed by atoms with E-state index in [1.54, 1.807) is 31.2 Å². The quantitative estimate of drug-likeness (QED) is 0.618. The van der Waals surface area contributed by atoms with Gasteiger partial charge >= 0.3 is 5.97 Å². The van der Waals surface area contributed by atoms with Crippen LogP contribution in [0.1, 0.15) is 28.0 Å². The summed E-state index contributed by atoms with van der Waals surface area (Å²) in [6.45, 7) is 1.43. The Hall–Kier alpha value is -3.69. The van der Waals surface area contributed by atoms with Gasteiger partial charge in [-0.2, -0.15) is 4.98 Å². The van der Waals surface area contributed by atoms with Crippen LogP contribution in [-0.4, -0.2) is 34.3 Å². The van der Waals surface area contributed by atoms with Crippen molar-refractivity contribution in [2.75, 3.05) is 12.4 Å². The molecule has 0 aliphatic heterocycles. The van der Waals surface area contributed by atoms with Gasteiger partial charge in [0.1, 0.15) is 5.75 Å². The molecule has 0 fully saturated rings. The van der Waals surface area contributed by atoms with E-state index >= 15 is 0 Å². The van der Waals surface area contributed by atoms with E-state index in [4.69, 9.17) is 18.5 Å². The van der Waals surface area contributed by atoms with Crippen molar-refractivity contribution >= 4 is 17.6 Å². The predicted octanol–water partition coefficient (Wildman–Crippen LogP) is 1.91. The highest BCUT2D eigenvalue weighted by Crippen LogP contribution is 2.23. The van der Waals surface area contributed by atoms with Gasteiger partial charge < -0.3 is 23.8 Å². The van der Waals surface area contributed by atoms with Gasteiger partial charge in [-0.25, -0.2) is 4.79 Å². The molecule has 0 saturated carbocycles. The van der Waals surface area contributed by atoms with Crippen LogP contribution in [0.25, 0.3) is 0 Å². The van der Waals surface area contributed by atoms with Crippen molar-refractivity contribution in [1.29, 1.82) is 0 Å². The lowest BCUT2D eigenvalue weighted by atomic mass is 10.2. The van der Waals surface area contributed by atoms with Gasteiger partial charge in [-0.15, -0.1) is 0 Å². The van der Waals surface area contributed by atoms with E-state index in [-0.39, 0.29) is 36.4 Å². The lowest BCUT2D eigenvalue weighted by Crippen LogP contribution is -2.15. The Morgan fingerprint density at radius 3 is 2.74 bits per heavy atom. The van der Waals surface area contributed by atoms with Crippen LogP contribution in [0.3, 0.4) is 0 Å². The van der Waals surface area contributed by atoms with Gasteiger partial charge in [-0.1, -0.05) is 22.4 Å². The Morgan fingerprint density at radius 1 is 1.19 bits per heavy atom. The lowest BCUT2D eigenvalue weighted by molar-refractivity contribution is -0.115. The maximum atomic E-state index is 12.1. The first kappa shape index (κ1) is 18.1. The predicted molar refractivity (Wildman–Crippen MR) is 90.0 cm³/mol. The highest BCUT2D eigenvalue weighted by molar-refractivity contribution is 5.93. The molecule has 1 aromatic carbocycles. The van der Waals surface area contributed by atoms with Crippen LogP contribution in [0.2, 0.25) is 0 Å². The van der Waals surface area contributed by atoms with Crippen molar-refractivity contribution in [3.63, 3.8) is 0 Å². The van der Waals surface area contributed by atoms with Crippen molar-refractivity contribution < 1.29 is 28.1 Å². The number of hydrogen-bond acceptors (Lipinski definition) is 9. The number of rotatable bonds is 7. The first-order chi connectivity index (χ1) is 13.0. The molecule has 0 spiro atoms. The van der Waals surface area contributed by atoms with Crippen LogP contribution in [-0.2, 0) is 22.6 Å². The minimum Gasteiger partial charge on any atom is -0.495 e. The van der Waals surface area contributed by atoms with Gasteiger partial charge in [-0.3, -0.25) is 4.79 Å². The summed E-state index contributed by atoms with van der Waals surface area (Å²) in [5, 5.41) is 9.99. The number of anilines is 1. The average Bonchev–Trinajstić information content (AvgIpc) is 3.29. The maximum Gasteiger partial charge on any atom is 0.377 e. The molecular formula is C17H16N4O6. The fourth-order valence-electron chi connectivity index (χ4n) is 2.16. The van der Waals surface area contributed by atoms with Crippen molar-refractivity contribution in [1.82, 2.24) is 15.3 Å². The van der Waals surface area contributed by atoms with Crippen LogP contribution in [0, 0.1) is 6.92 Å². The number of hydrogen-bond donors (Lipinski definition) is 1. The lowest BCUT2D eigenvalue weighted by Gasteiger charge is -2.08. The number of esters is 1. The molecule has 3 aromatic rings. The second kappa shape index (κ2) is 8.13. The van der Waals surface area contributed by atoms with Gasteiger partial charge in [0.25, 0.3) is 5.89 Å². The molecule has 10 heteroatoms. The zero-order chi connectivity index (χ0) is 19.2. The zero-order valence-corrected chi connectivity index (χ0v) is 14.6. The van der Waals surface area contributed by atoms with Crippen molar-refractivity contribution in [2.45, 2.75) is 20.0 Å². The number of aryl methyl sites for hydroxylation is 1. The van der Waals surface area contributed by atoms with E-state index in [2.05, 4.69) is 20.6 Å². The van der Waals surface area contributed by atoms with E-state index in [9.17, 15) is 9.59 Å². The van der Waals surface area contributed by atoms with Crippen molar-refractivity contribution in [3.05, 3.63) is 53.5 Å². The summed E-state index contributed by atoms with van der Waals surface area (Å²) in [6.07, 6.45) is -0.114. The molecule has 1 amide bonds. The first-order valence-electron chi connectivity index (χ1n) is 7.90. The number of ether oxygens (including phenoxy) is 2. The van der Waals surface area contributed by atoms with Crippen LogP contribution in [0.4, 0.5) is 5.69 Å². The van der Waals surface area contributed by atoms with Gasteiger partial charge in [0.05, 0.1) is 24.9 Å². The largest absolute Gasteiger partial charge is 0.495 e. The molecule has 27 heavy (non-hydrogen) atoms. The molecular weight excluding hydrogens is 356 g/mol. The third kappa shape index (κ3) is 4.69. The van der Waals surface area contributed by atoms with Gasteiger partial charge in [0, 0.05) is 6.07 Å². The number of methoxy groups -OCH3 is 1. The SMILES string of the molecule is COc1ccccc1NC(=O)Cc1noc(COC(=O)c2cc(C)no2)n1. The fraction of sp³-hybridized carbons (Fsp3) is 0.235. The molecule has 0 unspecified atom stereocenters. The monoisotopic (exact) mass is 372 g/mol. The zero-order valence-electron chi connectivity index (χ0n) is 14.6. The molecule has 2 aromatic heterocycles.